The topological polar surface area (TPSA) is 0 Å². The summed E-state index contributed by atoms with van der Waals surface area (Å²) in [5.74, 6) is 0. The van der Waals surface area contributed by atoms with Crippen molar-refractivity contribution in [2.45, 2.75) is 38.5 Å². The summed E-state index contributed by atoms with van der Waals surface area (Å²) in [4.78, 5) is 0. The average molecular weight is 613 g/mol. The van der Waals surface area contributed by atoms with E-state index in [1.807, 2.05) is 0 Å². The van der Waals surface area contributed by atoms with Gasteiger partial charge in [0.2, 0.25) is 0 Å². The highest BCUT2D eigenvalue weighted by Gasteiger charge is 2.43. The van der Waals surface area contributed by atoms with E-state index in [0.29, 0.717) is 0 Å². The molecular formula is C48H36. The molecule has 0 aliphatic heterocycles. The third-order valence-electron chi connectivity index (χ3n) is 11.6. The van der Waals surface area contributed by atoms with Gasteiger partial charge < -0.3 is 0 Å². The van der Waals surface area contributed by atoms with Gasteiger partial charge in [0.1, 0.15) is 0 Å². The number of benzene rings is 8. The first-order chi connectivity index (χ1) is 23.3. The molecule has 228 valence electrons. The largest absolute Gasteiger partial charge is 0.0619 e. The molecule has 2 aliphatic rings. The minimum Gasteiger partial charge on any atom is -0.0619 e. The summed E-state index contributed by atoms with van der Waals surface area (Å²) >= 11 is 0. The average Bonchev–Trinajstić information content (AvgIpc) is 3.49. The van der Waals surface area contributed by atoms with Crippen molar-refractivity contribution in [3.05, 3.63) is 168 Å². The van der Waals surface area contributed by atoms with Gasteiger partial charge in [-0.25, -0.2) is 0 Å². The minimum absolute atomic E-state index is 0.0155. The van der Waals surface area contributed by atoms with E-state index in [1.165, 1.54) is 99.1 Å². The van der Waals surface area contributed by atoms with Crippen LogP contribution in [0.15, 0.2) is 146 Å². The van der Waals surface area contributed by atoms with Gasteiger partial charge in [0.05, 0.1) is 0 Å². The Morgan fingerprint density at radius 3 is 1.40 bits per heavy atom. The van der Waals surface area contributed by atoms with Gasteiger partial charge in [0.15, 0.2) is 0 Å². The third kappa shape index (κ3) is 3.55. The zero-order chi connectivity index (χ0) is 32.4. The van der Waals surface area contributed by atoms with Crippen molar-refractivity contribution in [1.29, 1.82) is 0 Å². The molecule has 2 aliphatic carbocycles. The highest BCUT2D eigenvalue weighted by molar-refractivity contribution is 6.22. The monoisotopic (exact) mass is 612 g/mol. The second-order valence-corrected chi connectivity index (χ2v) is 14.9. The molecule has 0 N–H and O–H groups in total. The van der Waals surface area contributed by atoms with E-state index in [-0.39, 0.29) is 10.8 Å². The highest BCUT2D eigenvalue weighted by Crippen LogP contribution is 2.59. The van der Waals surface area contributed by atoms with Crippen LogP contribution in [-0.2, 0) is 10.8 Å². The van der Waals surface area contributed by atoms with Gasteiger partial charge >= 0.3 is 0 Å². The predicted octanol–water partition coefficient (Wildman–Crippen LogP) is 13.1. The Labute approximate surface area is 282 Å². The first-order valence-corrected chi connectivity index (χ1v) is 17.2. The lowest BCUT2D eigenvalue weighted by atomic mass is 9.79. The Morgan fingerprint density at radius 1 is 0.312 bits per heavy atom. The normalized spacial score (nSPS) is 15.0. The standard InChI is InChI=1S/C48H36/c1-47(2)39-20-12-11-19-37(39)45-40(47)25-26-41-46(45)38-24-23-32(28-42(38)48(41,3)4)44-35-17-9-7-15-33(35)43(34-16-8-10-18-36(34)44)31-22-21-29-13-5-6-14-30(29)27-31/h5-28H,1-4H3. The number of hydrogen-bond donors (Lipinski definition) is 0. The molecule has 0 nitrogen and oxygen atoms in total. The van der Waals surface area contributed by atoms with Crippen LogP contribution in [-0.4, -0.2) is 0 Å². The third-order valence-corrected chi connectivity index (χ3v) is 11.6. The Morgan fingerprint density at radius 2 is 0.771 bits per heavy atom. The van der Waals surface area contributed by atoms with Gasteiger partial charge in [-0.05, 0) is 111 Å². The lowest BCUT2D eigenvalue weighted by Crippen LogP contribution is -2.17. The second-order valence-electron chi connectivity index (χ2n) is 14.9. The van der Waals surface area contributed by atoms with Gasteiger partial charge in [0, 0.05) is 10.8 Å². The van der Waals surface area contributed by atoms with E-state index in [1.54, 1.807) is 0 Å². The van der Waals surface area contributed by atoms with Crippen LogP contribution in [0.4, 0.5) is 0 Å². The zero-order valence-corrected chi connectivity index (χ0v) is 27.9. The molecule has 0 amide bonds. The lowest BCUT2D eigenvalue weighted by molar-refractivity contribution is 0.651. The summed E-state index contributed by atoms with van der Waals surface area (Å²) in [5.41, 5.74) is 16.4. The van der Waals surface area contributed by atoms with Crippen molar-refractivity contribution >= 4 is 32.3 Å². The molecule has 0 bridgehead atoms. The van der Waals surface area contributed by atoms with Crippen LogP contribution in [0.3, 0.4) is 0 Å². The Balaban J connectivity index is 1.23. The molecule has 0 heterocycles. The zero-order valence-electron chi connectivity index (χ0n) is 27.9. The molecule has 0 aromatic heterocycles. The Bertz CT molecular complexity index is 2610. The van der Waals surface area contributed by atoms with E-state index in [0.717, 1.165) is 0 Å². The number of fused-ring (bicyclic) bond motifs is 10. The lowest BCUT2D eigenvalue weighted by Gasteiger charge is -2.24. The fourth-order valence-corrected chi connectivity index (χ4v) is 9.27. The van der Waals surface area contributed by atoms with Gasteiger partial charge in [-0.2, -0.15) is 0 Å². The molecule has 8 aromatic carbocycles. The van der Waals surface area contributed by atoms with Crippen molar-refractivity contribution in [3.63, 3.8) is 0 Å². The fourth-order valence-electron chi connectivity index (χ4n) is 9.27. The SMILES string of the molecule is CC1(C)c2ccccc2-c2c1ccc1c2-c2ccc(-c3c4ccccc4c(-c4ccc5ccccc5c4)c4ccccc34)cc2C1(C)C. The molecule has 10 rings (SSSR count). The smallest absolute Gasteiger partial charge is 0.0159 e. The maximum Gasteiger partial charge on any atom is 0.0159 e. The molecule has 0 saturated heterocycles. The van der Waals surface area contributed by atoms with Crippen LogP contribution in [0.2, 0.25) is 0 Å². The maximum atomic E-state index is 2.51. The van der Waals surface area contributed by atoms with E-state index in [4.69, 9.17) is 0 Å². The maximum absolute atomic E-state index is 2.51. The van der Waals surface area contributed by atoms with Gasteiger partial charge in [-0.3, -0.25) is 0 Å². The first kappa shape index (κ1) is 27.6. The van der Waals surface area contributed by atoms with Crippen molar-refractivity contribution in [2.24, 2.45) is 0 Å². The molecule has 0 atom stereocenters. The van der Waals surface area contributed by atoms with E-state index < -0.39 is 0 Å². The van der Waals surface area contributed by atoms with Crippen molar-refractivity contribution in [1.82, 2.24) is 0 Å². The molecule has 0 saturated carbocycles. The molecular weight excluding hydrogens is 577 g/mol. The summed E-state index contributed by atoms with van der Waals surface area (Å²) in [6.45, 7) is 9.59. The summed E-state index contributed by atoms with van der Waals surface area (Å²) in [6, 6.07) is 54.8. The first-order valence-electron chi connectivity index (χ1n) is 17.2. The highest BCUT2D eigenvalue weighted by atomic mass is 14.5. The quantitative estimate of drug-likeness (QED) is 0.170. The molecule has 0 fully saturated rings. The molecule has 0 radical (unpaired) electrons. The summed E-state index contributed by atoms with van der Waals surface area (Å²) in [6.07, 6.45) is 0. The Kier molecular flexibility index (Phi) is 5.50. The molecule has 48 heavy (non-hydrogen) atoms. The van der Waals surface area contributed by atoms with Crippen LogP contribution >= 0.6 is 0 Å². The fraction of sp³-hybridized carbons (Fsp3) is 0.125. The molecule has 0 heteroatoms. The predicted molar refractivity (Wildman–Crippen MR) is 205 cm³/mol. The number of hydrogen-bond acceptors (Lipinski definition) is 0. The molecule has 0 unspecified atom stereocenters. The minimum atomic E-state index is -0.117. The molecule has 0 spiro atoms. The van der Waals surface area contributed by atoms with Crippen LogP contribution in [0.5, 0.6) is 0 Å². The van der Waals surface area contributed by atoms with Crippen molar-refractivity contribution in [3.8, 4) is 44.5 Å². The van der Waals surface area contributed by atoms with Gasteiger partial charge in [-0.1, -0.05) is 161 Å². The van der Waals surface area contributed by atoms with E-state index >= 15 is 0 Å². The van der Waals surface area contributed by atoms with Crippen LogP contribution in [0.1, 0.15) is 49.9 Å². The van der Waals surface area contributed by atoms with Crippen LogP contribution in [0, 0.1) is 0 Å². The van der Waals surface area contributed by atoms with Crippen LogP contribution < -0.4 is 0 Å². The summed E-state index contributed by atoms with van der Waals surface area (Å²) < 4.78 is 0. The van der Waals surface area contributed by atoms with Gasteiger partial charge in [-0.15, -0.1) is 0 Å². The Hall–Kier alpha value is -5.46. The van der Waals surface area contributed by atoms with E-state index in [2.05, 4.69) is 173 Å². The van der Waals surface area contributed by atoms with Crippen molar-refractivity contribution < 1.29 is 0 Å². The van der Waals surface area contributed by atoms with Crippen molar-refractivity contribution in [2.75, 3.05) is 0 Å². The second kappa shape index (κ2) is 9.55. The van der Waals surface area contributed by atoms with E-state index in [9.17, 15) is 0 Å². The summed E-state index contributed by atoms with van der Waals surface area (Å²) in [7, 11) is 0. The molecule has 8 aromatic rings. The van der Waals surface area contributed by atoms with Gasteiger partial charge in [0.25, 0.3) is 0 Å². The number of rotatable bonds is 2. The van der Waals surface area contributed by atoms with Crippen LogP contribution in [0.25, 0.3) is 76.8 Å². The summed E-state index contributed by atoms with van der Waals surface area (Å²) in [5, 5.41) is 7.71.